The van der Waals surface area contributed by atoms with E-state index in [-0.39, 0.29) is 22.2 Å². The summed E-state index contributed by atoms with van der Waals surface area (Å²) in [5.41, 5.74) is 2.99. The van der Waals surface area contributed by atoms with Gasteiger partial charge in [0.05, 0.1) is 5.02 Å². The van der Waals surface area contributed by atoms with E-state index in [1.807, 2.05) is 50.2 Å². The van der Waals surface area contributed by atoms with Crippen molar-refractivity contribution in [3.8, 4) is 0 Å². The molecule has 0 saturated heterocycles. The third kappa shape index (κ3) is 5.23. The maximum absolute atomic E-state index is 13.6. The zero-order chi connectivity index (χ0) is 23.5. The van der Waals surface area contributed by atoms with E-state index in [1.165, 1.54) is 23.1 Å². The number of nitrogens with zero attached hydrogens (tertiary/aromatic N) is 3. The molecule has 0 radical (unpaired) electrons. The Bertz CT molecular complexity index is 1250. The van der Waals surface area contributed by atoms with Crippen LogP contribution in [0.1, 0.15) is 17.0 Å². The number of carbonyl (C=O) groups is 2. The molecule has 2 aromatic carbocycles. The number of rotatable bonds is 7. The lowest BCUT2D eigenvalue weighted by atomic mass is 10.1. The second-order valence-electron chi connectivity index (χ2n) is 7.49. The van der Waals surface area contributed by atoms with Crippen molar-refractivity contribution in [3.63, 3.8) is 0 Å². The largest absolute Gasteiger partial charge is 0.350 e. The molecule has 0 spiro atoms. The van der Waals surface area contributed by atoms with Crippen molar-refractivity contribution in [1.29, 1.82) is 0 Å². The highest BCUT2D eigenvalue weighted by Crippen LogP contribution is 2.35. The Morgan fingerprint density at radius 1 is 1.00 bits per heavy atom. The number of carbonyl (C=O) groups excluding carboxylic acids is 2. The average Bonchev–Trinajstić information content (AvgIpc) is 2.98. The standard InChI is InChI=1S/C24H20ClFN4O2S/c1-14-12-15(2)28-24(27-14)33-21-20(29-17-8-9-19(26)18(25)13-17)22(31)30(23(21)32)11-10-16-6-4-3-5-7-16/h3-9,12-13,29H,10-11H2,1-2H3. The second kappa shape index (κ2) is 9.72. The Kier molecular flexibility index (Phi) is 6.76. The summed E-state index contributed by atoms with van der Waals surface area (Å²) >= 11 is 6.92. The van der Waals surface area contributed by atoms with Gasteiger partial charge in [0.2, 0.25) is 0 Å². The lowest BCUT2D eigenvalue weighted by Gasteiger charge is -2.15. The SMILES string of the molecule is Cc1cc(C)nc(SC2=C(Nc3ccc(F)c(Cl)c3)C(=O)N(CCc3ccccc3)C2=O)n1. The fourth-order valence-corrected chi connectivity index (χ4v) is 4.58. The fourth-order valence-electron chi connectivity index (χ4n) is 3.40. The predicted octanol–water partition coefficient (Wildman–Crippen LogP) is 4.91. The van der Waals surface area contributed by atoms with Gasteiger partial charge in [-0.05, 0) is 61.9 Å². The van der Waals surface area contributed by atoms with E-state index in [0.29, 0.717) is 17.3 Å². The van der Waals surface area contributed by atoms with E-state index in [1.54, 1.807) is 0 Å². The number of hydrogen-bond acceptors (Lipinski definition) is 6. The Morgan fingerprint density at radius 3 is 2.36 bits per heavy atom. The van der Waals surface area contributed by atoms with E-state index in [4.69, 9.17) is 11.6 Å². The van der Waals surface area contributed by atoms with Crippen molar-refractivity contribution in [1.82, 2.24) is 14.9 Å². The van der Waals surface area contributed by atoms with E-state index in [2.05, 4.69) is 15.3 Å². The molecule has 1 aliphatic heterocycles. The van der Waals surface area contributed by atoms with Crippen molar-refractivity contribution < 1.29 is 14.0 Å². The van der Waals surface area contributed by atoms with Gasteiger partial charge in [0.25, 0.3) is 11.8 Å². The summed E-state index contributed by atoms with van der Waals surface area (Å²) in [6.45, 7) is 3.88. The number of aromatic nitrogens is 2. The molecule has 9 heteroatoms. The van der Waals surface area contributed by atoms with Gasteiger partial charge >= 0.3 is 0 Å². The number of benzene rings is 2. The molecular weight excluding hydrogens is 463 g/mol. The van der Waals surface area contributed by atoms with Gasteiger partial charge in [-0.15, -0.1) is 0 Å². The molecule has 0 bridgehead atoms. The van der Waals surface area contributed by atoms with Crippen LogP contribution in [0.4, 0.5) is 10.1 Å². The van der Waals surface area contributed by atoms with Gasteiger partial charge in [-0.25, -0.2) is 14.4 Å². The summed E-state index contributed by atoms with van der Waals surface area (Å²) in [5.74, 6) is -1.48. The van der Waals surface area contributed by atoms with Crippen LogP contribution in [0, 0.1) is 19.7 Å². The molecule has 2 heterocycles. The highest BCUT2D eigenvalue weighted by molar-refractivity contribution is 8.04. The zero-order valence-electron chi connectivity index (χ0n) is 17.9. The number of nitrogens with one attached hydrogen (secondary N) is 1. The first kappa shape index (κ1) is 22.9. The molecule has 3 aromatic rings. The van der Waals surface area contributed by atoms with Crippen LogP contribution in [-0.2, 0) is 16.0 Å². The number of hydrogen-bond donors (Lipinski definition) is 1. The molecule has 1 N–H and O–H groups in total. The number of aryl methyl sites for hydroxylation is 2. The smallest absolute Gasteiger partial charge is 0.278 e. The molecule has 0 aliphatic carbocycles. The van der Waals surface area contributed by atoms with Crippen molar-refractivity contribution in [3.05, 3.63) is 93.0 Å². The first-order valence-corrected chi connectivity index (χ1v) is 11.4. The van der Waals surface area contributed by atoms with Crippen LogP contribution in [-0.4, -0.2) is 33.2 Å². The highest BCUT2D eigenvalue weighted by atomic mass is 35.5. The minimum atomic E-state index is -0.576. The van der Waals surface area contributed by atoms with Crippen LogP contribution < -0.4 is 5.32 Å². The molecule has 2 amide bonds. The van der Waals surface area contributed by atoms with E-state index < -0.39 is 17.6 Å². The number of thioether (sulfide) groups is 1. The maximum Gasteiger partial charge on any atom is 0.278 e. The highest BCUT2D eigenvalue weighted by Gasteiger charge is 2.39. The van der Waals surface area contributed by atoms with Gasteiger partial charge in [-0.1, -0.05) is 41.9 Å². The summed E-state index contributed by atoms with van der Waals surface area (Å²) in [5, 5.41) is 3.23. The lowest BCUT2D eigenvalue weighted by molar-refractivity contribution is -0.137. The summed E-state index contributed by atoms with van der Waals surface area (Å²) in [7, 11) is 0. The summed E-state index contributed by atoms with van der Waals surface area (Å²) in [6, 6.07) is 15.4. The van der Waals surface area contributed by atoms with Crippen molar-refractivity contribution in [2.24, 2.45) is 0 Å². The van der Waals surface area contributed by atoms with Crippen LogP contribution in [0.2, 0.25) is 5.02 Å². The molecule has 168 valence electrons. The van der Waals surface area contributed by atoms with Gasteiger partial charge in [0, 0.05) is 23.6 Å². The van der Waals surface area contributed by atoms with E-state index >= 15 is 0 Å². The molecule has 0 fully saturated rings. The Balaban J connectivity index is 1.65. The van der Waals surface area contributed by atoms with Gasteiger partial charge in [-0.2, -0.15) is 0 Å². The zero-order valence-corrected chi connectivity index (χ0v) is 19.5. The van der Waals surface area contributed by atoms with Crippen molar-refractivity contribution in [2.75, 3.05) is 11.9 Å². The molecule has 1 aliphatic rings. The summed E-state index contributed by atoms with van der Waals surface area (Å²) < 4.78 is 13.6. The lowest BCUT2D eigenvalue weighted by Crippen LogP contribution is -2.34. The Hall–Kier alpha value is -3.23. The topological polar surface area (TPSA) is 75.2 Å². The molecular formula is C24H20ClFN4O2S. The van der Waals surface area contributed by atoms with E-state index in [0.717, 1.165) is 28.7 Å². The Morgan fingerprint density at radius 2 is 1.70 bits per heavy atom. The first-order chi connectivity index (χ1) is 15.8. The molecule has 0 saturated carbocycles. The summed E-state index contributed by atoms with van der Waals surface area (Å²) in [6.07, 6.45) is 0.520. The first-order valence-electron chi connectivity index (χ1n) is 10.2. The quantitative estimate of drug-likeness (QED) is 0.381. The van der Waals surface area contributed by atoms with E-state index in [9.17, 15) is 14.0 Å². The van der Waals surface area contributed by atoms with Gasteiger partial charge in [0.15, 0.2) is 5.16 Å². The number of halogens is 2. The minimum Gasteiger partial charge on any atom is -0.350 e. The molecule has 6 nitrogen and oxygen atoms in total. The van der Waals surface area contributed by atoms with Crippen LogP contribution in [0.15, 0.2) is 70.4 Å². The van der Waals surface area contributed by atoms with Gasteiger partial charge in [0.1, 0.15) is 16.4 Å². The molecule has 33 heavy (non-hydrogen) atoms. The fraction of sp³-hybridized carbons (Fsp3) is 0.167. The molecule has 1 aromatic heterocycles. The number of amides is 2. The molecule has 4 rings (SSSR count). The predicted molar refractivity (Wildman–Crippen MR) is 126 cm³/mol. The monoisotopic (exact) mass is 482 g/mol. The van der Waals surface area contributed by atoms with Crippen LogP contribution in [0.3, 0.4) is 0 Å². The normalized spacial score (nSPS) is 13.8. The summed E-state index contributed by atoms with van der Waals surface area (Å²) in [4.78, 5) is 36.7. The third-order valence-electron chi connectivity index (χ3n) is 4.94. The van der Waals surface area contributed by atoms with Crippen LogP contribution >= 0.6 is 23.4 Å². The number of anilines is 1. The van der Waals surface area contributed by atoms with Gasteiger partial charge < -0.3 is 5.32 Å². The van der Waals surface area contributed by atoms with Crippen molar-refractivity contribution >= 4 is 40.9 Å². The molecule has 0 atom stereocenters. The average molecular weight is 483 g/mol. The van der Waals surface area contributed by atoms with Crippen LogP contribution in [0.25, 0.3) is 0 Å². The maximum atomic E-state index is 13.6. The molecule has 0 unspecified atom stereocenters. The third-order valence-corrected chi connectivity index (χ3v) is 6.17. The second-order valence-corrected chi connectivity index (χ2v) is 8.88. The van der Waals surface area contributed by atoms with Crippen molar-refractivity contribution in [2.45, 2.75) is 25.4 Å². The van der Waals surface area contributed by atoms with Gasteiger partial charge in [-0.3, -0.25) is 14.5 Å². The van der Waals surface area contributed by atoms with Crippen LogP contribution in [0.5, 0.6) is 0 Å². The minimum absolute atomic E-state index is 0.0866. The Labute approximate surface area is 199 Å². The number of imide groups is 1.